The molecule has 1 unspecified atom stereocenters. The molecular weight excluding hydrogens is 460 g/mol. The van der Waals surface area contributed by atoms with E-state index in [1.165, 1.54) is 23.1 Å². The molecule has 1 aliphatic carbocycles. The maximum atomic E-state index is 11.4. The Bertz CT molecular complexity index is 1190. The first-order chi connectivity index (χ1) is 17.7. The van der Waals surface area contributed by atoms with Crippen LogP contribution >= 0.6 is 0 Å². The lowest BCUT2D eigenvalue weighted by molar-refractivity contribution is -0.137. The van der Waals surface area contributed by atoms with E-state index in [1.807, 2.05) is 24.3 Å². The van der Waals surface area contributed by atoms with Gasteiger partial charge in [0, 0.05) is 0 Å². The highest BCUT2D eigenvalue weighted by atomic mass is 16.5. The molecule has 3 aromatic carbocycles. The summed E-state index contributed by atoms with van der Waals surface area (Å²) in [5.41, 5.74) is 6.24. The molecule has 0 amide bonds. The Morgan fingerprint density at radius 3 is 2.41 bits per heavy atom. The van der Waals surface area contributed by atoms with Crippen molar-refractivity contribution in [2.45, 2.75) is 71.8 Å². The highest BCUT2D eigenvalue weighted by molar-refractivity contribution is 5.69. The number of aryl methyl sites for hydroxylation is 1. The van der Waals surface area contributed by atoms with Gasteiger partial charge in [-0.2, -0.15) is 0 Å². The van der Waals surface area contributed by atoms with E-state index in [9.17, 15) is 9.90 Å². The molecule has 1 atom stereocenters. The minimum atomic E-state index is -0.739. The van der Waals surface area contributed by atoms with Crippen molar-refractivity contribution in [2.75, 3.05) is 7.11 Å². The van der Waals surface area contributed by atoms with Gasteiger partial charge in [-0.15, -0.1) is 0 Å². The second-order valence-corrected chi connectivity index (χ2v) is 11.5. The Labute approximate surface area is 221 Å². The van der Waals surface area contributed by atoms with Crippen LogP contribution in [0.15, 0.2) is 66.7 Å². The van der Waals surface area contributed by atoms with Crippen LogP contribution in [0.3, 0.4) is 0 Å². The Kier molecular flexibility index (Phi) is 8.58. The Hall–Kier alpha value is -3.27. The number of carbonyl (C=O) groups is 1. The molecule has 1 aliphatic rings. The molecule has 1 saturated carbocycles. The summed E-state index contributed by atoms with van der Waals surface area (Å²) in [4.78, 5) is 11.4. The fourth-order valence-electron chi connectivity index (χ4n) is 5.00. The molecule has 4 rings (SSSR count). The van der Waals surface area contributed by atoms with Crippen molar-refractivity contribution in [1.82, 2.24) is 0 Å². The zero-order chi connectivity index (χ0) is 26.4. The van der Waals surface area contributed by atoms with Crippen LogP contribution in [-0.2, 0) is 17.8 Å². The first-order valence-electron chi connectivity index (χ1n) is 13.4. The molecule has 1 N–H and O–H groups in total. The minimum absolute atomic E-state index is 0.0702. The molecule has 0 spiro atoms. The summed E-state index contributed by atoms with van der Waals surface area (Å²) < 4.78 is 11.6. The summed E-state index contributed by atoms with van der Waals surface area (Å²) in [6.07, 6.45) is 5.79. The monoisotopic (exact) mass is 500 g/mol. The number of carboxylic acid groups (broad SMARTS) is 1. The topological polar surface area (TPSA) is 55.8 Å². The average molecular weight is 501 g/mol. The predicted octanol–water partition coefficient (Wildman–Crippen LogP) is 8.28. The van der Waals surface area contributed by atoms with Gasteiger partial charge < -0.3 is 14.6 Å². The predicted molar refractivity (Wildman–Crippen MR) is 149 cm³/mol. The fourth-order valence-corrected chi connectivity index (χ4v) is 5.00. The van der Waals surface area contributed by atoms with E-state index in [0.29, 0.717) is 17.9 Å². The number of carboxylic acids is 1. The maximum absolute atomic E-state index is 11.4. The van der Waals surface area contributed by atoms with Crippen LogP contribution in [0.5, 0.6) is 11.5 Å². The summed E-state index contributed by atoms with van der Waals surface area (Å²) in [7, 11) is 1.71. The van der Waals surface area contributed by atoms with Crippen LogP contribution in [0.2, 0.25) is 0 Å². The average Bonchev–Trinajstić information content (AvgIpc) is 3.71. The van der Waals surface area contributed by atoms with Gasteiger partial charge in [0.1, 0.15) is 18.1 Å². The second-order valence-electron chi connectivity index (χ2n) is 11.5. The summed E-state index contributed by atoms with van der Waals surface area (Å²) in [5, 5.41) is 9.33. The molecule has 0 aromatic heterocycles. The zero-order valence-corrected chi connectivity index (χ0v) is 22.6. The second kappa shape index (κ2) is 11.9. The van der Waals surface area contributed by atoms with Crippen LogP contribution < -0.4 is 9.47 Å². The maximum Gasteiger partial charge on any atom is 0.303 e. The lowest BCUT2D eigenvalue weighted by Gasteiger charge is -2.19. The highest BCUT2D eigenvalue weighted by Crippen LogP contribution is 2.45. The molecule has 0 heterocycles. The van der Waals surface area contributed by atoms with Gasteiger partial charge in [0.25, 0.3) is 0 Å². The van der Waals surface area contributed by atoms with Crippen LogP contribution in [0.25, 0.3) is 11.1 Å². The normalized spacial score (nSPS) is 14.3. The van der Waals surface area contributed by atoms with Gasteiger partial charge in [-0.1, -0.05) is 63.2 Å². The molecule has 4 heteroatoms. The number of rotatable bonds is 12. The quantitative estimate of drug-likeness (QED) is 0.272. The van der Waals surface area contributed by atoms with Crippen LogP contribution in [-0.4, -0.2) is 18.2 Å². The first kappa shape index (κ1) is 26.8. The molecule has 0 aliphatic heterocycles. The van der Waals surface area contributed by atoms with Gasteiger partial charge in [0.2, 0.25) is 0 Å². The molecule has 0 bridgehead atoms. The molecule has 4 nitrogen and oxygen atoms in total. The minimum Gasteiger partial charge on any atom is -0.497 e. The molecule has 3 aromatic rings. The third kappa shape index (κ3) is 7.85. The van der Waals surface area contributed by atoms with E-state index in [-0.39, 0.29) is 12.3 Å². The molecule has 37 heavy (non-hydrogen) atoms. The van der Waals surface area contributed by atoms with E-state index >= 15 is 0 Å². The lowest BCUT2D eigenvalue weighted by Crippen LogP contribution is -2.08. The largest absolute Gasteiger partial charge is 0.497 e. The van der Waals surface area contributed by atoms with E-state index in [2.05, 4.69) is 63.2 Å². The molecular formula is C33H40O4. The number of hydrogen-bond donors (Lipinski definition) is 1. The van der Waals surface area contributed by atoms with Crippen molar-refractivity contribution in [2.24, 2.45) is 11.3 Å². The third-order valence-corrected chi connectivity index (χ3v) is 7.23. The lowest BCUT2D eigenvalue weighted by atomic mass is 9.87. The van der Waals surface area contributed by atoms with E-state index in [0.717, 1.165) is 48.3 Å². The van der Waals surface area contributed by atoms with Crippen molar-refractivity contribution < 1.29 is 19.4 Å². The van der Waals surface area contributed by atoms with Gasteiger partial charge in [-0.3, -0.25) is 4.79 Å². The van der Waals surface area contributed by atoms with Crippen molar-refractivity contribution in [3.63, 3.8) is 0 Å². The number of aliphatic carboxylic acids is 1. The van der Waals surface area contributed by atoms with Gasteiger partial charge in [-0.05, 0) is 101 Å². The van der Waals surface area contributed by atoms with Gasteiger partial charge >= 0.3 is 5.97 Å². The van der Waals surface area contributed by atoms with E-state index < -0.39 is 5.97 Å². The Morgan fingerprint density at radius 2 is 1.76 bits per heavy atom. The van der Waals surface area contributed by atoms with Crippen LogP contribution in [0, 0.1) is 11.3 Å². The van der Waals surface area contributed by atoms with Crippen molar-refractivity contribution in [3.8, 4) is 22.6 Å². The molecule has 196 valence electrons. The third-order valence-electron chi connectivity index (χ3n) is 7.23. The first-order valence-corrected chi connectivity index (χ1v) is 13.4. The number of hydrogen-bond acceptors (Lipinski definition) is 3. The number of ether oxygens (including phenoxy) is 2. The van der Waals surface area contributed by atoms with Crippen LogP contribution in [0.1, 0.15) is 75.5 Å². The van der Waals surface area contributed by atoms with Gasteiger partial charge in [0.15, 0.2) is 0 Å². The van der Waals surface area contributed by atoms with E-state index in [1.54, 1.807) is 7.11 Å². The number of benzene rings is 3. The Balaban J connectivity index is 1.43. The standard InChI is InChI=1S/C33H40O4/c1-33(2,3)18-6-8-24-16-17-28(36-4)20-30(24)25-12-10-23(11-13-25)22-37-29-9-5-7-27(19-29)31(21-32(34)35)26-14-15-26/h5,7,9-13,16-17,19-20,26,31H,6,8,14-15,18,21-22H2,1-4H3,(H,34,35). The summed E-state index contributed by atoms with van der Waals surface area (Å²) in [6.45, 7) is 7.34. The SMILES string of the molecule is COc1ccc(CCCC(C)(C)C)c(-c2ccc(COc3cccc(C(CC(=O)O)C4CC4)c3)cc2)c1. The fraction of sp³-hybridized carbons (Fsp3) is 0.424. The van der Waals surface area contributed by atoms with Gasteiger partial charge in [0.05, 0.1) is 13.5 Å². The smallest absolute Gasteiger partial charge is 0.303 e. The molecule has 0 radical (unpaired) electrons. The molecule has 0 saturated heterocycles. The number of methoxy groups -OCH3 is 1. The highest BCUT2D eigenvalue weighted by Gasteiger charge is 2.33. The van der Waals surface area contributed by atoms with Gasteiger partial charge in [-0.25, -0.2) is 0 Å². The van der Waals surface area contributed by atoms with E-state index in [4.69, 9.17) is 9.47 Å². The molecule has 1 fully saturated rings. The van der Waals surface area contributed by atoms with Crippen molar-refractivity contribution in [3.05, 3.63) is 83.4 Å². The Morgan fingerprint density at radius 1 is 1.00 bits per heavy atom. The summed E-state index contributed by atoms with van der Waals surface area (Å²) in [5.74, 6) is 1.46. The van der Waals surface area contributed by atoms with Crippen molar-refractivity contribution in [1.29, 1.82) is 0 Å². The van der Waals surface area contributed by atoms with Crippen molar-refractivity contribution >= 4 is 5.97 Å². The summed E-state index contributed by atoms with van der Waals surface area (Å²) >= 11 is 0. The summed E-state index contributed by atoms with van der Waals surface area (Å²) in [6, 6.07) is 22.9. The van der Waals surface area contributed by atoms with Crippen LogP contribution in [0.4, 0.5) is 0 Å². The zero-order valence-electron chi connectivity index (χ0n) is 22.6.